The van der Waals surface area contributed by atoms with Crippen LogP contribution < -0.4 is 15.4 Å². The van der Waals surface area contributed by atoms with E-state index in [2.05, 4.69) is 31.6 Å². The average molecular weight is 508 g/mol. The van der Waals surface area contributed by atoms with Crippen molar-refractivity contribution in [2.75, 3.05) is 11.9 Å². The van der Waals surface area contributed by atoms with Gasteiger partial charge < -0.3 is 15.4 Å². The van der Waals surface area contributed by atoms with Gasteiger partial charge >= 0.3 is 0 Å². The second kappa shape index (κ2) is 10.3. The zero-order chi connectivity index (χ0) is 22.3. The van der Waals surface area contributed by atoms with Crippen LogP contribution in [0.3, 0.4) is 0 Å². The number of benzene rings is 3. The lowest BCUT2D eigenvalue weighted by Gasteiger charge is -2.09. The van der Waals surface area contributed by atoms with Crippen LogP contribution in [0.2, 0.25) is 0 Å². The van der Waals surface area contributed by atoms with Crippen LogP contribution in [0, 0.1) is 0 Å². The number of ether oxygens (including phenoxy) is 1. The predicted molar refractivity (Wildman–Crippen MR) is 132 cm³/mol. The Morgan fingerprint density at radius 1 is 1.06 bits per heavy atom. The van der Waals surface area contributed by atoms with E-state index in [-0.39, 0.29) is 18.4 Å². The third-order valence-electron chi connectivity index (χ3n) is 4.31. The van der Waals surface area contributed by atoms with Crippen molar-refractivity contribution < 1.29 is 14.3 Å². The summed E-state index contributed by atoms with van der Waals surface area (Å²) in [5, 5.41) is 6.08. The van der Waals surface area contributed by atoms with Gasteiger partial charge in [-0.1, -0.05) is 42.5 Å². The molecule has 1 fully saturated rings. The fourth-order valence-electron chi connectivity index (χ4n) is 2.84. The van der Waals surface area contributed by atoms with Crippen molar-refractivity contribution in [3.8, 4) is 5.75 Å². The van der Waals surface area contributed by atoms with Crippen LogP contribution in [0.15, 0.2) is 93.2 Å². The van der Waals surface area contributed by atoms with Crippen LogP contribution in [0.4, 0.5) is 11.4 Å². The molecule has 0 aliphatic carbocycles. The summed E-state index contributed by atoms with van der Waals surface area (Å²) in [7, 11) is 0. The van der Waals surface area contributed by atoms with E-state index in [1.165, 1.54) is 11.8 Å². The predicted octanol–water partition coefficient (Wildman–Crippen LogP) is 5.36. The molecule has 4 rings (SSSR count). The first-order valence-electron chi connectivity index (χ1n) is 9.69. The molecule has 6 nitrogen and oxygen atoms in total. The number of aliphatic imine (C=N–C) groups is 1. The second-order valence-corrected chi connectivity index (χ2v) is 8.60. The summed E-state index contributed by atoms with van der Waals surface area (Å²) in [6, 6.07) is 24.0. The zero-order valence-electron chi connectivity index (χ0n) is 16.7. The number of para-hydroxylation sites is 2. The summed E-state index contributed by atoms with van der Waals surface area (Å²) in [5.74, 6) is 0.0856. The molecule has 0 aromatic heterocycles. The monoisotopic (exact) mass is 507 g/mol. The highest BCUT2D eigenvalue weighted by Crippen LogP contribution is 2.31. The minimum atomic E-state index is -0.251. The molecule has 3 aromatic rings. The van der Waals surface area contributed by atoms with Gasteiger partial charge in [0.05, 0.1) is 15.1 Å². The largest absolute Gasteiger partial charge is 0.483 e. The summed E-state index contributed by atoms with van der Waals surface area (Å²) in [4.78, 5) is 29.4. The fourth-order valence-corrected chi connectivity index (χ4v) is 4.19. The highest BCUT2D eigenvalue weighted by Gasteiger charge is 2.23. The molecule has 0 saturated carbocycles. The number of halogens is 1. The van der Waals surface area contributed by atoms with Crippen LogP contribution in [-0.2, 0) is 9.59 Å². The van der Waals surface area contributed by atoms with Crippen molar-refractivity contribution in [3.63, 3.8) is 0 Å². The molecule has 0 unspecified atom stereocenters. The molecule has 2 N–H and O–H groups in total. The van der Waals surface area contributed by atoms with Gasteiger partial charge in [-0.25, -0.2) is 4.99 Å². The van der Waals surface area contributed by atoms with Gasteiger partial charge in [0.25, 0.3) is 11.8 Å². The van der Waals surface area contributed by atoms with Gasteiger partial charge in [-0.15, -0.1) is 0 Å². The van der Waals surface area contributed by atoms with E-state index < -0.39 is 0 Å². The summed E-state index contributed by atoms with van der Waals surface area (Å²) >= 11 is 4.75. The highest BCUT2D eigenvalue weighted by molar-refractivity contribution is 9.10. The number of amidine groups is 1. The molecule has 1 saturated heterocycles. The van der Waals surface area contributed by atoms with Gasteiger partial charge in [0.1, 0.15) is 5.75 Å². The maximum atomic E-state index is 12.3. The summed E-state index contributed by atoms with van der Waals surface area (Å²) in [6.45, 7) is -0.120. The fraction of sp³-hybridized carbons (Fsp3) is 0.0417. The normalized spacial score (nSPS) is 15.6. The standard InChI is InChI=1S/C24H18BrN3O3S/c25-19-13-16(11-12-20(19)31-15-22(29)26-17-7-3-1-4-8-17)14-21-23(30)28-24(32-21)27-18-9-5-2-6-10-18/h1-14H,15H2,(H,26,29)(H,27,28,30)/b21-14-. The summed E-state index contributed by atoms with van der Waals surface area (Å²) < 4.78 is 6.30. The second-order valence-electron chi connectivity index (χ2n) is 6.71. The topological polar surface area (TPSA) is 79.8 Å². The van der Waals surface area contributed by atoms with Crippen LogP contribution in [0.25, 0.3) is 6.08 Å². The van der Waals surface area contributed by atoms with Crippen molar-refractivity contribution in [1.29, 1.82) is 0 Å². The molecule has 32 heavy (non-hydrogen) atoms. The molecule has 0 atom stereocenters. The summed E-state index contributed by atoms with van der Waals surface area (Å²) in [5.41, 5.74) is 2.30. The molecule has 1 aliphatic heterocycles. The van der Waals surface area contributed by atoms with Crippen molar-refractivity contribution in [2.45, 2.75) is 0 Å². The first-order chi connectivity index (χ1) is 15.6. The molecule has 0 spiro atoms. The van der Waals surface area contributed by atoms with Gasteiger partial charge in [0.15, 0.2) is 11.8 Å². The maximum absolute atomic E-state index is 12.3. The number of carbonyl (C=O) groups is 2. The third-order valence-corrected chi connectivity index (χ3v) is 5.84. The van der Waals surface area contributed by atoms with E-state index in [9.17, 15) is 9.59 Å². The molecule has 160 valence electrons. The number of hydrogen-bond donors (Lipinski definition) is 2. The minimum absolute atomic E-state index is 0.120. The van der Waals surface area contributed by atoms with Crippen LogP contribution >= 0.6 is 27.7 Å². The van der Waals surface area contributed by atoms with Crippen LogP contribution in [-0.4, -0.2) is 23.6 Å². The smallest absolute Gasteiger partial charge is 0.264 e. The third kappa shape index (κ3) is 5.87. The molecule has 2 amide bonds. The lowest BCUT2D eigenvalue weighted by Crippen LogP contribution is -2.20. The average Bonchev–Trinajstić information content (AvgIpc) is 3.13. The molecule has 1 heterocycles. The molecular weight excluding hydrogens is 490 g/mol. The first kappa shape index (κ1) is 21.9. The zero-order valence-corrected chi connectivity index (χ0v) is 19.2. The van der Waals surface area contributed by atoms with E-state index in [0.29, 0.717) is 26.0 Å². The van der Waals surface area contributed by atoms with E-state index in [0.717, 1.165) is 11.3 Å². The Bertz CT molecular complexity index is 1200. The highest BCUT2D eigenvalue weighted by atomic mass is 79.9. The van der Waals surface area contributed by atoms with Gasteiger partial charge in [-0.2, -0.15) is 0 Å². The number of thioether (sulfide) groups is 1. The lowest BCUT2D eigenvalue weighted by molar-refractivity contribution is -0.118. The van der Waals surface area contributed by atoms with E-state index in [4.69, 9.17) is 4.74 Å². The lowest BCUT2D eigenvalue weighted by atomic mass is 10.2. The van der Waals surface area contributed by atoms with Crippen LogP contribution in [0.1, 0.15) is 5.56 Å². The Hall–Kier alpha value is -3.36. The van der Waals surface area contributed by atoms with E-state index >= 15 is 0 Å². The van der Waals surface area contributed by atoms with Crippen molar-refractivity contribution in [3.05, 3.63) is 93.8 Å². The number of amides is 2. The SMILES string of the molecule is O=C(COc1ccc(/C=C2\SC(=Nc3ccccc3)NC2=O)cc1Br)Nc1ccccc1. The summed E-state index contributed by atoms with van der Waals surface area (Å²) in [6.07, 6.45) is 1.78. The molecule has 1 aliphatic rings. The number of rotatable bonds is 6. The van der Waals surface area contributed by atoms with Gasteiger partial charge in [0, 0.05) is 5.69 Å². The number of nitrogens with one attached hydrogen (secondary N) is 2. The Kier molecular flexibility index (Phi) is 7.03. The van der Waals surface area contributed by atoms with Crippen molar-refractivity contribution in [2.24, 2.45) is 4.99 Å². The molecule has 0 bridgehead atoms. The van der Waals surface area contributed by atoms with Crippen molar-refractivity contribution in [1.82, 2.24) is 5.32 Å². The van der Waals surface area contributed by atoms with Crippen molar-refractivity contribution >= 4 is 62.1 Å². The van der Waals surface area contributed by atoms with E-state index in [1.54, 1.807) is 12.1 Å². The molecule has 3 aromatic carbocycles. The Morgan fingerprint density at radius 3 is 2.50 bits per heavy atom. The molecule has 8 heteroatoms. The van der Waals surface area contributed by atoms with Gasteiger partial charge in [0.2, 0.25) is 0 Å². The Labute approximate surface area is 197 Å². The first-order valence-corrected chi connectivity index (χ1v) is 11.3. The van der Waals surface area contributed by atoms with E-state index in [1.807, 2.05) is 72.8 Å². The van der Waals surface area contributed by atoms with Crippen LogP contribution in [0.5, 0.6) is 5.75 Å². The number of anilines is 1. The van der Waals surface area contributed by atoms with Gasteiger partial charge in [-0.3, -0.25) is 9.59 Å². The molecule has 0 radical (unpaired) electrons. The maximum Gasteiger partial charge on any atom is 0.264 e. The molecular formula is C24H18BrN3O3S. The number of hydrogen-bond acceptors (Lipinski definition) is 5. The quantitative estimate of drug-likeness (QED) is 0.440. The number of nitrogens with zero attached hydrogens (tertiary/aromatic N) is 1. The van der Waals surface area contributed by atoms with Gasteiger partial charge in [-0.05, 0) is 75.7 Å². The minimum Gasteiger partial charge on any atom is -0.483 e. The Balaban J connectivity index is 1.38. The Morgan fingerprint density at radius 2 is 1.78 bits per heavy atom. The number of carbonyl (C=O) groups excluding carboxylic acids is 2.